The number of carboxylic acids is 1. The lowest BCUT2D eigenvalue weighted by Crippen LogP contribution is -2.47. The van der Waals surface area contributed by atoms with Crippen LogP contribution in [0, 0.1) is 5.92 Å². The molecule has 1 N–H and O–H groups in total. The van der Waals surface area contributed by atoms with E-state index >= 15 is 0 Å². The third-order valence-corrected chi connectivity index (χ3v) is 4.39. The van der Waals surface area contributed by atoms with Gasteiger partial charge in [0.2, 0.25) is 11.8 Å². The number of carboxylic acid groups (broad SMARTS) is 1. The first-order valence-corrected chi connectivity index (χ1v) is 8.97. The van der Waals surface area contributed by atoms with Crippen LogP contribution in [-0.4, -0.2) is 79.2 Å². The summed E-state index contributed by atoms with van der Waals surface area (Å²) in [6.07, 6.45) is 1.23. The van der Waals surface area contributed by atoms with Crippen molar-refractivity contribution in [1.29, 1.82) is 0 Å². The molecule has 0 aromatic heterocycles. The van der Waals surface area contributed by atoms with Gasteiger partial charge in [-0.25, -0.2) is 0 Å². The van der Waals surface area contributed by atoms with Crippen LogP contribution >= 0.6 is 0 Å². The Morgan fingerprint density at radius 1 is 1.22 bits per heavy atom. The molecular weight excluding hydrogens is 352 g/mol. The third-order valence-electron chi connectivity index (χ3n) is 4.39. The van der Waals surface area contributed by atoms with Crippen LogP contribution in [0.25, 0.3) is 0 Å². The minimum atomic E-state index is -0.886. The summed E-state index contributed by atoms with van der Waals surface area (Å²) in [7, 11) is 1.53. The highest BCUT2D eigenvalue weighted by molar-refractivity contribution is 5.85. The third kappa shape index (κ3) is 6.90. The Kier molecular flexibility index (Phi) is 8.06. The van der Waals surface area contributed by atoms with E-state index in [1.54, 1.807) is 0 Å². The zero-order chi connectivity index (χ0) is 19.6. The van der Waals surface area contributed by atoms with Crippen molar-refractivity contribution < 1.29 is 29.0 Å². The van der Waals surface area contributed by atoms with E-state index in [0.29, 0.717) is 26.0 Å². The molecule has 1 saturated heterocycles. The summed E-state index contributed by atoms with van der Waals surface area (Å²) < 4.78 is 10.8. The molecule has 1 heterocycles. The number of hydrogen-bond acceptors (Lipinski definition) is 5. The molecule has 1 atom stereocenters. The molecule has 27 heavy (non-hydrogen) atoms. The van der Waals surface area contributed by atoms with E-state index in [2.05, 4.69) is 0 Å². The molecule has 148 valence electrons. The standard InChI is InChI=1S/C19H26N2O6/c1-20(13-17(22)21-9-5-6-15(12-21)19(24)25)18(23)14-26-10-11-27-16-7-3-2-4-8-16/h2-4,7-8,15H,5-6,9-14H2,1H3,(H,24,25). The van der Waals surface area contributed by atoms with Crippen LogP contribution < -0.4 is 4.74 Å². The molecule has 0 bridgehead atoms. The molecule has 0 spiro atoms. The first-order valence-electron chi connectivity index (χ1n) is 8.97. The molecule has 8 heteroatoms. The second-order valence-corrected chi connectivity index (χ2v) is 6.48. The fourth-order valence-corrected chi connectivity index (χ4v) is 2.80. The number of amides is 2. The molecule has 1 aliphatic rings. The minimum Gasteiger partial charge on any atom is -0.491 e. The van der Waals surface area contributed by atoms with Crippen LogP contribution in [0.5, 0.6) is 5.75 Å². The average molecular weight is 378 g/mol. The number of piperidine rings is 1. The number of rotatable bonds is 9. The zero-order valence-electron chi connectivity index (χ0n) is 15.5. The first-order chi connectivity index (χ1) is 13.0. The van der Waals surface area contributed by atoms with Crippen molar-refractivity contribution in [1.82, 2.24) is 9.80 Å². The molecule has 8 nitrogen and oxygen atoms in total. The van der Waals surface area contributed by atoms with Gasteiger partial charge in [-0.05, 0) is 25.0 Å². The maximum atomic E-state index is 12.3. The molecule has 1 aliphatic heterocycles. The molecule has 1 aromatic carbocycles. The Morgan fingerprint density at radius 2 is 1.96 bits per heavy atom. The van der Waals surface area contributed by atoms with Crippen LogP contribution in [0.2, 0.25) is 0 Å². The molecule has 2 amide bonds. The molecule has 0 radical (unpaired) electrons. The van der Waals surface area contributed by atoms with E-state index in [1.807, 2.05) is 30.3 Å². The van der Waals surface area contributed by atoms with Gasteiger partial charge < -0.3 is 24.4 Å². The van der Waals surface area contributed by atoms with Crippen molar-refractivity contribution >= 4 is 17.8 Å². The predicted molar refractivity (Wildman–Crippen MR) is 97.3 cm³/mol. The van der Waals surface area contributed by atoms with Gasteiger partial charge in [0.1, 0.15) is 19.0 Å². The Bertz CT molecular complexity index is 636. The Labute approximate surface area is 158 Å². The van der Waals surface area contributed by atoms with Gasteiger partial charge in [0.15, 0.2) is 0 Å². The number of aliphatic carboxylic acids is 1. The average Bonchev–Trinajstić information content (AvgIpc) is 2.68. The van der Waals surface area contributed by atoms with Gasteiger partial charge in [0.05, 0.1) is 19.1 Å². The molecular formula is C19H26N2O6. The van der Waals surface area contributed by atoms with E-state index in [9.17, 15) is 14.4 Å². The van der Waals surface area contributed by atoms with Crippen LogP contribution in [-0.2, 0) is 19.1 Å². The van der Waals surface area contributed by atoms with Crippen molar-refractivity contribution in [2.75, 3.05) is 46.5 Å². The number of carbonyl (C=O) groups excluding carboxylic acids is 2. The normalized spacial score (nSPS) is 16.6. The minimum absolute atomic E-state index is 0.0882. The molecule has 1 aromatic rings. The maximum Gasteiger partial charge on any atom is 0.308 e. The van der Waals surface area contributed by atoms with Crippen molar-refractivity contribution in [2.24, 2.45) is 5.92 Å². The Hall–Kier alpha value is -2.61. The summed E-state index contributed by atoms with van der Waals surface area (Å²) in [5.41, 5.74) is 0. The lowest BCUT2D eigenvalue weighted by molar-refractivity contribution is -0.148. The predicted octanol–water partition coefficient (Wildman–Crippen LogP) is 0.864. The number of hydrogen-bond donors (Lipinski definition) is 1. The quantitative estimate of drug-likeness (QED) is 0.641. The van der Waals surface area contributed by atoms with Gasteiger partial charge >= 0.3 is 5.97 Å². The van der Waals surface area contributed by atoms with Gasteiger partial charge in [-0.15, -0.1) is 0 Å². The monoisotopic (exact) mass is 378 g/mol. The van der Waals surface area contributed by atoms with Crippen LogP contribution in [0.4, 0.5) is 0 Å². The fraction of sp³-hybridized carbons (Fsp3) is 0.526. The van der Waals surface area contributed by atoms with E-state index in [1.165, 1.54) is 16.8 Å². The number of carbonyl (C=O) groups is 3. The largest absolute Gasteiger partial charge is 0.491 e. The molecule has 1 fully saturated rings. The van der Waals surface area contributed by atoms with Crippen molar-refractivity contribution in [2.45, 2.75) is 12.8 Å². The van der Waals surface area contributed by atoms with Gasteiger partial charge in [-0.3, -0.25) is 14.4 Å². The van der Waals surface area contributed by atoms with E-state index < -0.39 is 11.9 Å². The smallest absolute Gasteiger partial charge is 0.308 e. The van der Waals surface area contributed by atoms with Gasteiger partial charge in [-0.1, -0.05) is 18.2 Å². The van der Waals surface area contributed by atoms with E-state index in [0.717, 1.165) is 5.75 Å². The fourth-order valence-electron chi connectivity index (χ4n) is 2.80. The number of benzene rings is 1. The SMILES string of the molecule is CN(CC(=O)N1CCCC(C(=O)O)C1)C(=O)COCCOc1ccccc1. The number of ether oxygens (including phenoxy) is 2. The maximum absolute atomic E-state index is 12.3. The summed E-state index contributed by atoms with van der Waals surface area (Å²) in [5.74, 6) is -1.24. The van der Waals surface area contributed by atoms with Crippen LogP contribution in [0.3, 0.4) is 0 Å². The van der Waals surface area contributed by atoms with Gasteiger partial charge in [0, 0.05) is 20.1 Å². The highest BCUT2D eigenvalue weighted by atomic mass is 16.5. The van der Waals surface area contributed by atoms with Crippen molar-refractivity contribution in [3.63, 3.8) is 0 Å². The number of likely N-dealkylation sites (tertiary alicyclic amines) is 1. The highest BCUT2D eigenvalue weighted by Crippen LogP contribution is 2.16. The number of nitrogens with zero attached hydrogens (tertiary/aromatic N) is 2. The summed E-state index contributed by atoms with van der Waals surface area (Å²) in [6, 6.07) is 9.30. The molecule has 0 aliphatic carbocycles. The summed E-state index contributed by atoms with van der Waals surface area (Å²) in [5, 5.41) is 9.09. The highest BCUT2D eigenvalue weighted by Gasteiger charge is 2.28. The summed E-state index contributed by atoms with van der Waals surface area (Å²) >= 11 is 0. The van der Waals surface area contributed by atoms with Crippen LogP contribution in [0.1, 0.15) is 12.8 Å². The topological polar surface area (TPSA) is 96.4 Å². The van der Waals surface area contributed by atoms with E-state index in [-0.39, 0.29) is 38.1 Å². The lowest BCUT2D eigenvalue weighted by Gasteiger charge is -2.32. The molecule has 2 rings (SSSR count). The van der Waals surface area contributed by atoms with Crippen molar-refractivity contribution in [3.8, 4) is 5.75 Å². The van der Waals surface area contributed by atoms with Crippen molar-refractivity contribution in [3.05, 3.63) is 30.3 Å². The second-order valence-electron chi connectivity index (χ2n) is 6.48. The Morgan fingerprint density at radius 3 is 2.67 bits per heavy atom. The van der Waals surface area contributed by atoms with Gasteiger partial charge in [0.25, 0.3) is 0 Å². The molecule has 0 saturated carbocycles. The number of para-hydroxylation sites is 1. The second kappa shape index (κ2) is 10.5. The van der Waals surface area contributed by atoms with Gasteiger partial charge in [-0.2, -0.15) is 0 Å². The Balaban J connectivity index is 1.64. The zero-order valence-corrected chi connectivity index (χ0v) is 15.5. The molecule has 1 unspecified atom stereocenters. The van der Waals surface area contributed by atoms with E-state index in [4.69, 9.17) is 14.6 Å². The first kappa shape index (κ1) is 20.7. The lowest BCUT2D eigenvalue weighted by atomic mass is 9.98. The summed E-state index contributed by atoms with van der Waals surface area (Å²) in [6.45, 7) is 1.08. The van der Waals surface area contributed by atoms with Crippen LogP contribution in [0.15, 0.2) is 30.3 Å². The number of likely N-dealkylation sites (N-methyl/N-ethyl adjacent to an activating group) is 1. The summed E-state index contributed by atoms with van der Waals surface area (Å²) in [4.78, 5) is 38.3.